The highest BCUT2D eigenvalue weighted by Gasteiger charge is 2.17. The number of rotatable bonds is 9. The Bertz CT molecular complexity index is 960. The molecule has 0 aliphatic rings. The molecule has 0 radical (unpaired) electrons. The van der Waals surface area contributed by atoms with Crippen LogP contribution in [0, 0.1) is 20.2 Å². The fraction of sp³-hybridized carbons (Fsp3) is 0.176. The summed E-state index contributed by atoms with van der Waals surface area (Å²) in [5.74, 6) is -1.32. The van der Waals surface area contributed by atoms with E-state index in [1.54, 1.807) is 6.92 Å². The van der Waals surface area contributed by atoms with E-state index in [2.05, 4.69) is 10.5 Å². The number of nitro benzene ring substituents is 2. The number of carbonyl (C=O) groups is 1. The molecule has 152 valence electrons. The van der Waals surface area contributed by atoms with E-state index in [0.717, 1.165) is 18.3 Å². The Hall–Kier alpha value is -4.22. The van der Waals surface area contributed by atoms with Gasteiger partial charge in [-0.05, 0) is 13.0 Å². The minimum Gasteiger partial charge on any atom is -0.504 e. The van der Waals surface area contributed by atoms with E-state index in [-0.39, 0.29) is 40.8 Å². The molecule has 0 heterocycles. The summed E-state index contributed by atoms with van der Waals surface area (Å²) in [4.78, 5) is 32.4. The average Bonchev–Trinajstić information content (AvgIpc) is 2.69. The Morgan fingerprint density at radius 3 is 2.55 bits per heavy atom. The Morgan fingerprint density at radius 1 is 1.17 bits per heavy atom. The highest BCUT2D eigenvalue weighted by molar-refractivity contribution is 5.87. The zero-order chi connectivity index (χ0) is 21.4. The number of carbonyl (C=O) groups excluding carboxylic acids is 1. The van der Waals surface area contributed by atoms with Gasteiger partial charge in [0.1, 0.15) is 0 Å². The molecule has 1 amide bonds. The van der Waals surface area contributed by atoms with Crippen LogP contribution in [0.1, 0.15) is 12.5 Å². The second-order valence-electron chi connectivity index (χ2n) is 5.38. The quantitative estimate of drug-likeness (QED) is 0.364. The number of nitrogens with zero attached hydrogens (tertiary/aromatic N) is 3. The number of para-hydroxylation sites is 2. The fourth-order valence-corrected chi connectivity index (χ4v) is 2.16. The number of nitro groups is 2. The van der Waals surface area contributed by atoms with Gasteiger partial charge in [0.25, 0.3) is 11.6 Å². The van der Waals surface area contributed by atoms with Crippen molar-refractivity contribution in [1.82, 2.24) is 5.43 Å². The molecule has 12 nitrogen and oxygen atoms in total. The van der Waals surface area contributed by atoms with Gasteiger partial charge in [-0.15, -0.1) is 0 Å². The zero-order valence-electron chi connectivity index (χ0n) is 15.1. The van der Waals surface area contributed by atoms with Crippen LogP contribution in [0.2, 0.25) is 0 Å². The molecule has 0 spiro atoms. The minimum atomic E-state index is -0.741. The Kier molecular flexibility index (Phi) is 7.01. The lowest BCUT2D eigenvalue weighted by atomic mass is 10.1. The summed E-state index contributed by atoms with van der Waals surface area (Å²) in [5, 5.41) is 35.6. The van der Waals surface area contributed by atoms with Crippen LogP contribution in [0.5, 0.6) is 17.2 Å². The van der Waals surface area contributed by atoms with Crippen LogP contribution in [0.25, 0.3) is 0 Å². The maximum Gasteiger partial charge on any atom is 0.310 e. The first-order valence-electron chi connectivity index (χ1n) is 8.15. The first kappa shape index (κ1) is 21.1. The normalized spacial score (nSPS) is 10.5. The van der Waals surface area contributed by atoms with Crippen molar-refractivity contribution in [2.75, 3.05) is 13.2 Å². The van der Waals surface area contributed by atoms with E-state index in [9.17, 15) is 30.1 Å². The Labute approximate surface area is 163 Å². The third-order valence-electron chi connectivity index (χ3n) is 3.41. The molecule has 0 unspecified atom stereocenters. The minimum absolute atomic E-state index is 0.0532. The molecule has 0 atom stereocenters. The van der Waals surface area contributed by atoms with Crippen molar-refractivity contribution in [2.45, 2.75) is 6.92 Å². The van der Waals surface area contributed by atoms with Crippen LogP contribution < -0.4 is 14.9 Å². The molecule has 0 saturated heterocycles. The second kappa shape index (κ2) is 9.64. The number of ether oxygens (including phenoxy) is 2. The summed E-state index contributed by atoms with van der Waals surface area (Å²) in [5.41, 5.74) is 1.41. The number of phenols is 1. The first-order chi connectivity index (χ1) is 13.8. The van der Waals surface area contributed by atoms with Gasteiger partial charge < -0.3 is 14.6 Å². The van der Waals surface area contributed by atoms with Gasteiger partial charge in [0.05, 0.1) is 28.7 Å². The second-order valence-corrected chi connectivity index (χ2v) is 5.38. The van der Waals surface area contributed by atoms with Crippen LogP contribution in [-0.4, -0.2) is 40.3 Å². The largest absolute Gasteiger partial charge is 0.504 e. The van der Waals surface area contributed by atoms with E-state index in [4.69, 9.17) is 9.47 Å². The molecule has 2 aromatic rings. The van der Waals surface area contributed by atoms with Crippen LogP contribution in [0.3, 0.4) is 0 Å². The van der Waals surface area contributed by atoms with Crippen molar-refractivity contribution in [1.29, 1.82) is 0 Å². The standard InChI is InChI=1S/C17H16N4O8/c1-2-28-15-8-12(20(24)25)7-11(17(15)23)9-18-19-16(22)10-29-14-6-4-3-5-13(14)21(26)27/h3-9,23H,2,10H2,1H3,(H,19,22)/b18-9-. The number of amides is 1. The molecule has 2 rings (SSSR count). The molecule has 12 heteroatoms. The Balaban J connectivity index is 2.05. The molecule has 0 bridgehead atoms. The molecule has 0 aliphatic heterocycles. The van der Waals surface area contributed by atoms with Gasteiger partial charge in [-0.3, -0.25) is 25.0 Å². The summed E-state index contributed by atoms with van der Waals surface area (Å²) < 4.78 is 10.2. The topological polar surface area (TPSA) is 166 Å². The molecule has 29 heavy (non-hydrogen) atoms. The number of hydrogen-bond donors (Lipinski definition) is 2. The zero-order valence-corrected chi connectivity index (χ0v) is 15.1. The number of hydrazone groups is 1. The van der Waals surface area contributed by atoms with E-state index in [1.807, 2.05) is 0 Å². The molecular formula is C17H16N4O8. The van der Waals surface area contributed by atoms with Gasteiger partial charge in [-0.2, -0.15) is 5.10 Å². The van der Waals surface area contributed by atoms with Gasteiger partial charge >= 0.3 is 5.69 Å². The highest BCUT2D eigenvalue weighted by Crippen LogP contribution is 2.33. The third kappa shape index (κ3) is 5.63. The van der Waals surface area contributed by atoms with E-state index in [1.165, 1.54) is 24.3 Å². The number of nitrogens with one attached hydrogen (secondary N) is 1. The number of non-ortho nitro benzene ring substituents is 1. The monoisotopic (exact) mass is 404 g/mol. The Morgan fingerprint density at radius 2 is 1.90 bits per heavy atom. The maximum atomic E-state index is 11.8. The summed E-state index contributed by atoms with van der Waals surface area (Å²) in [6, 6.07) is 7.65. The molecule has 0 aliphatic carbocycles. The maximum absolute atomic E-state index is 11.8. The number of hydrogen-bond acceptors (Lipinski definition) is 9. The van der Waals surface area contributed by atoms with Gasteiger partial charge in [0.2, 0.25) is 0 Å². The molecule has 2 aromatic carbocycles. The number of aromatic hydroxyl groups is 1. The molecule has 0 aromatic heterocycles. The SMILES string of the molecule is CCOc1cc([N+](=O)[O-])cc(/C=N\NC(=O)COc2ccccc2[N+](=O)[O-])c1O. The van der Waals surface area contributed by atoms with E-state index in [0.29, 0.717) is 0 Å². The predicted octanol–water partition coefficient (Wildman–Crippen LogP) is 2.14. The number of benzene rings is 2. The lowest BCUT2D eigenvalue weighted by Crippen LogP contribution is -2.24. The molecule has 0 saturated carbocycles. The van der Waals surface area contributed by atoms with Crippen molar-refractivity contribution < 1.29 is 29.2 Å². The van der Waals surface area contributed by atoms with Crippen molar-refractivity contribution in [3.63, 3.8) is 0 Å². The van der Waals surface area contributed by atoms with Gasteiger partial charge in [-0.1, -0.05) is 12.1 Å². The molecule has 2 N–H and O–H groups in total. The predicted molar refractivity (Wildman–Crippen MR) is 100 cm³/mol. The summed E-state index contributed by atoms with van der Waals surface area (Å²) in [7, 11) is 0. The summed E-state index contributed by atoms with van der Waals surface area (Å²) in [6.07, 6.45) is 0.994. The first-order valence-corrected chi connectivity index (χ1v) is 8.15. The highest BCUT2D eigenvalue weighted by atomic mass is 16.6. The van der Waals surface area contributed by atoms with Gasteiger partial charge in [0, 0.05) is 17.7 Å². The lowest BCUT2D eigenvalue weighted by molar-refractivity contribution is -0.385. The van der Waals surface area contributed by atoms with Crippen molar-refractivity contribution in [2.24, 2.45) is 5.10 Å². The summed E-state index contributed by atoms with van der Waals surface area (Å²) in [6.45, 7) is 1.25. The molecule has 0 fully saturated rings. The lowest BCUT2D eigenvalue weighted by Gasteiger charge is -2.08. The van der Waals surface area contributed by atoms with E-state index < -0.39 is 22.4 Å². The fourth-order valence-electron chi connectivity index (χ4n) is 2.16. The van der Waals surface area contributed by atoms with Gasteiger partial charge in [-0.25, -0.2) is 5.43 Å². The summed E-state index contributed by atoms with van der Waals surface area (Å²) >= 11 is 0. The van der Waals surface area contributed by atoms with Crippen LogP contribution in [-0.2, 0) is 4.79 Å². The smallest absolute Gasteiger partial charge is 0.310 e. The number of phenolic OH excluding ortho intramolecular Hbond substituents is 1. The third-order valence-corrected chi connectivity index (χ3v) is 3.41. The van der Waals surface area contributed by atoms with Crippen LogP contribution in [0.15, 0.2) is 41.5 Å². The van der Waals surface area contributed by atoms with E-state index >= 15 is 0 Å². The van der Waals surface area contributed by atoms with Crippen LogP contribution >= 0.6 is 0 Å². The van der Waals surface area contributed by atoms with Crippen molar-refractivity contribution in [3.05, 3.63) is 62.2 Å². The van der Waals surface area contributed by atoms with Crippen molar-refractivity contribution in [3.8, 4) is 17.2 Å². The van der Waals surface area contributed by atoms with Crippen molar-refractivity contribution >= 4 is 23.5 Å². The molecular weight excluding hydrogens is 388 g/mol. The van der Waals surface area contributed by atoms with Crippen LogP contribution in [0.4, 0.5) is 11.4 Å². The van der Waals surface area contributed by atoms with Gasteiger partial charge in [0.15, 0.2) is 23.9 Å². The average molecular weight is 404 g/mol.